The van der Waals surface area contributed by atoms with Crippen LogP contribution in [0.25, 0.3) is 0 Å². The largest absolute Gasteiger partial charge is 0.489 e. The van der Waals surface area contributed by atoms with Crippen molar-refractivity contribution in [2.24, 2.45) is 0 Å². The third-order valence-electron chi connectivity index (χ3n) is 1.99. The van der Waals surface area contributed by atoms with Gasteiger partial charge in [-0.15, -0.1) is 0 Å². The van der Waals surface area contributed by atoms with Crippen molar-refractivity contribution in [1.29, 1.82) is 0 Å². The number of aliphatic hydroxyl groups excluding tert-OH is 1. The topological polar surface area (TPSA) is 29.5 Å². The van der Waals surface area contributed by atoms with E-state index in [4.69, 9.17) is 9.84 Å². The van der Waals surface area contributed by atoms with Crippen LogP contribution < -0.4 is 4.74 Å². The van der Waals surface area contributed by atoms with Gasteiger partial charge in [-0.2, -0.15) is 0 Å². The van der Waals surface area contributed by atoms with Gasteiger partial charge in [-0.25, -0.2) is 0 Å². The van der Waals surface area contributed by atoms with Gasteiger partial charge in [-0.05, 0) is 17.7 Å². The lowest BCUT2D eigenvalue weighted by Crippen LogP contribution is -1.94. The van der Waals surface area contributed by atoms with E-state index in [1.807, 2.05) is 48.5 Å². The van der Waals surface area contributed by atoms with Crippen LogP contribution in [0.2, 0.25) is 0 Å². The maximum Gasteiger partial charge on any atom is 0.119 e. The zero-order valence-corrected chi connectivity index (χ0v) is 9.34. The molecule has 0 radical (unpaired) electrons. The molecule has 2 heteroatoms. The second kappa shape index (κ2) is 7.49. The summed E-state index contributed by atoms with van der Waals surface area (Å²) in [5.41, 5.74) is 1.19. The fraction of sp³-hybridized carbons (Fsp3) is 0.143. The molecule has 2 rings (SSSR count). The minimum absolute atomic E-state index is 0.630. The van der Waals surface area contributed by atoms with Crippen molar-refractivity contribution < 1.29 is 9.84 Å². The summed E-state index contributed by atoms with van der Waals surface area (Å²) in [6.45, 7) is 0.630. The Balaban J connectivity index is 0.000000606. The molecule has 84 valence electrons. The highest BCUT2D eigenvalue weighted by molar-refractivity contribution is 5.22. The molecule has 0 fully saturated rings. The van der Waals surface area contributed by atoms with Gasteiger partial charge in [0.2, 0.25) is 0 Å². The smallest absolute Gasteiger partial charge is 0.119 e. The van der Waals surface area contributed by atoms with Crippen LogP contribution >= 0.6 is 0 Å². The molecule has 2 aromatic carbocycles. The molecule has 0 aliphatic heterocycles. The second-order valence-electron chi connectivity index (χ2n) is 3.09. The number of ether oxygens (including phenoxy) is 1. The second-order valence-corrected chi connectivity index (χ2v) is 3.09. The van der Waals surface area contributed by atoms with Gasteiger partial charge in [0.15, 0.2) is 0 Å². The van der Waals surface area contributed by atoms with E-state index in [2.05, 4.69) is 12.1 Å². The Kier molecular flexibility index (Phi) is 5.74. The van der Waals surface area contributed by atoms with Crippen molar-refractivity contribution in [3.63, 3.8) is 0 Å². The van der Waals surface area contributed by atoms with Crippen LogP contribution in [-0.2, 0) is 6.61 Å². The van der Waals surface area contributed by atoms with E-state index < -0.39 is 0 Å². The van der Waals surface area contributed by atoms with Gasteiger partial charge in [0, 0.05) is 7.11 Å². The van der Waals surface area contributed by atoms with Gasteiger partial charge >= 0.3 is 0 Å². The normalized spacial score (nSPS) is 8.88. The first-order valence-electron chi connectivity index (χ1n) is 5.11. The number of para-hydroxylation sites is 1. The van der Waals surface area contributed by atoms with Gasteiger partial charge in [0.1, 0.15) is 12.4 Å². The van der Waals surface area contributed by atoms with Crippen molar-refractivity contribution in [1.82, 2.24) is 0 Å². The Morgan fingerprint density at radius 1 is 0.812 bits per heavy atom. The molecule has 0 aliphatic rings. The zero-order chi connectivity index (χ0) is 11.6. The number of rotatable bonds is 3. The van der Waals surface area contributed by atoms with Crippen molar-refractivity contribution in [3.05, 3.63) is 66.2 Å². The lowest BCUT2D eigenvalue weighted by molar-refractivity contribution is 0.306. The average molecular weight is 216 g/mol. The predicted molar refractivity (Wildman–Crippen MR) is 65.4 cm³/mol. The molecule has 0 atom stereocenters. The Hall–Kier alpha value is -1.80. The predicted octanol–water partition coefficient (Wildman–Crippen LogP) is 2.87. The first-order chi connectivity index (χ1) is 7.95. The standard InChI is InChI=1S/C13H12O.CH4O/c1-3-7-12(8-4-1)11-14-13-9-5-2-6-10-13;1-2/h1-10H,11H2;2H,1H3. The highest BCUT2D eigenvalue weighted by Gasteiger charge is 1.92. The van der Waals surface area contributed by atoms with Crippen molar-refractivity contribution >= 4 is 0 Å². The molecule has 1 N–H and O–H groups in total. The van der Waals surface area contributed by atoms with E-state index in [0.29, 0.717) is 6.61 Å². The van der Waals surface area contributed by atoms with Crippen LogP contribution in [0.5, 0.6) is 5.75 Å². The molecule has 16 heavy (non-hydrogen) atoms. The molecule has 0 heterocycles. The average Bonchev–Trinajstić information content (AvgIpc) is 2.41. The number of benzene rings is 2. The van der Waals surface area contributed by atoms with Crippen LogP contribution in [-0.4, -0.2) is 12.2 Å². The lowest BCUT2D eigenvalue weighted by Gasteiger charge is -2.05. The Morgan fingerprint density at radius 3 is 1.88 bits per heavy atom. The fourth-order valence-electron chi connectivity index (χ4n) is 1.26. The Labute approximate surface area is 96.1 Å². The molecule has 0 amide bonds. The van der Waals surface area contributed by atoms with Gasteiger partial charge < -0.3 is 9.84 Å². The van der Waals surface area contributed by atoms with E-state index in [1.165, 1.54) is 5.56 Å². The van der Waals surface area contributed by atoms with Crippen LogP contribution in [0.3, 0.4) is 0 Å². The molecule has 2 aromatic rings. The maximum absolute atomic E-state index is 7.00. The summed E-state index contributed by atoms with van der Waals surface area (Å²) in [6, 6.07) is 20.0. The van der Waals surface area contributed by atoms with Gasteiger partial charge in [0.25, 0.3) is 0 Å². The summed E-state index contributed by atoms with van der Waals surface area (Å²) in [5.74, 6) is 0.913. The van der Waals surface area contributed by atoms with E-state index in [0.717, 1.165) is 12.9 Å². The first kappa shape index (κ1) is 12.3. The van der Waals surface area contributed by atoms with Crippen LogP contribution in [0.4, 0.5) is 0 Å². The summed E-state index contributed by atoms with van der Waals surface area (Å²) in [6.07, 6.45) is 0. The van der Waals surface area contributed by atoms with E-state index >= 15 is 0 Å². The summed E-state index contributed by atoms with van der Waals surface area (Å²) < 4.78 is 5.59. The summed E-state index contributed by atoms with van der Waals surface area (Å²) in [7, 11) is 1.00. The SMILES string of the molecule is CO.c1ccc(COc2ccccc2)cc1. The van der Waals surface area contributed by atoms with E-state index in [1.54, 1.807) is 0 Å². The Morgan fingerprint density at radius 2 is 1.31 bits per heavy atom. The third kappa shape index (κ3) is 4.15. The molecule has 0 aromatic heterocycles. The van der Waals surface area contributed by atoms with E-state index in [9.17, 15) is 0 Å². The van der Waals surface area contributed by atoms with Crippen molar-refractivity contribution in [2.45, 2.75) is 6.61 Å². The monoisotopic (exact) mass is 216 g/mol. The van der Waals surface area contributed by atoms with Crippen LogP contribution in [0.1, 0.15) is 5.56 Å². The molecular formula is C14H16O2. The molecule has 0 spiro atoms. The molecule has 0 bridgehead atoms. The molecule has 0 unspecified atom stereocenters. The maximum atomic E-state index is 7.00. The van der Waals surface area contributed by atoms with E-state index in [-0.39, 0.29) is 0 Å². The molecule has 2 nitrogen and oxygen atoms in total. The number of hydrogen-bond donors (Lipinski definition) is 1. The third-order valence-corrected chi connectivity index (χ3v) is 1.99. The van der Waals surface area contributed by atoms with Crippen molar-refractivity contribution in [3.8, 4) is 5.75 Å². The zero-order valence-electron chi connectivity index (χ0n) is 9.34. The quantitative estimate of drug-likeness (QED) is 0.854. The molecule has 0 saturated heterocycles. The highest BCUT2D eigenvalue weighted by Crippen LogP contribution is 2.10. The minimum atomic E-state index is 0.630. The lowest BCUT2D eigenvalue weighted by atomic mass is 10.2. The van der Waals surface area contributed by atoms with Gasteiger partial charge in [-0.1, -0.05) is 48.5 Å². The molecule has 0 aliphatic carbocycles. The highest BCUT2D eigenvalue weighted by atomic mass is 16.5. The van der Waals surface area contributed by atoms with Gasteiger partial charge in [-0.3, -0.25) is 0 Å². The summed E-state index contributed by atoms with van der Waals surface area (Å²) in [4.78, 5) is 0. The van der Waals surface area contributed by atoms with Gasteiger partial charge in [0.05, 0.1) is 0 Å². The molecule has 0 saturated carbocycles. The van der Waals surface area contributed by atoms with Crippen LogP contribution in [0, 0.1) is 0 Å². The number of hydrogen-bond acceptors (Lipinski definition) is 2. The first-order valence-corrected chi connectivity index (χ1v) is 5.11. The summed E-state index contributed by atoms with van der Waals surface area (Å²) >= 11 is 0. The molecular weight excluding hydrogens is 200 g/mol. The van der Waals surface area contributed by atoms with Crippen LogP contribution in [0.15, 0.2) is 60.7 Å². The Bertz CT molecular complexity index is 331. The summed E-state index contributed by atoms with van der Waals surface area (Å²) in [5, 5.41) is 7.00. The number of aliphatic hydroxyl groups is 1. The minimum Gasteiger partial charge on any atom is -0.489 e. The van der Waals surface area contributed by atoms with Crippen molar-refractivity contribution in [2.75, 3.05) is 7.11 Å². The fourth-order valence-corrected chi connectivity index (χ4v) is 1.26.